The largest absolute Gasteiger partial charge is 0.494 e. The first-order chi connectivity index (χ1) is 23.1. The minimum atomic E-state index is -4.56. The zero-order chi connectivity index (χ0) is 34.1. The van der Waals surface area contributed by atoms with Crippen molar-refractivity contribution in [3.8, 4) is 16.9 Å². The van der Waals surface area contributed by atoms with Gasteiger partial charge in [0.1, 0.15) is 5.75 Å². The lowest BCUT2D eigenvalue weighted by molar-refractivity contribution is -0.137. The van der Waals surface area contributed by atoms with E-state index in [9.17, 15) is 21.6 Å². The fraction of sp³-hybridized carbons (Fsp3) is 0.211. The summed E-state index contributed by atoms with van der Waals surface area (Å²) in [7, 11) is -2.31. The van der Waals surface area contributed by atoms with Gasteiger partial charge in [-0.2, -0.15) is 13.2 Å². The Morgan fingerprint density at radius 2 is 1.44 bits per heavy atom. The summed E-state index contributed by atoms with van der Waals surface area (Å²) in [6.07, 6.45) is -3.99. The van der Waals surface area contributed by atoms with Crippen molar-refractivity contribution in [2.75, 3.05) is 26.7 Å². The molecule has 5 aromatic carbocycles. The van der Waals surface area contributed by atoms with E-state index in [4.69, 9.17) is 16.3 Å². The van der Waals surface area contributed by atoms with Crippen molar-refractivity contribution in [2.45, 2.75) is 30.0 Å². The number of hydrogen-bond donors (Lipinski definition) is 1. The van der Waals surface area contributed by atoms with E-state index in [1.807, 2.05) is 42.5 Å². The predicted octanol–water partition coefficient (Wildman–Crippen LogP) is 9.04. The van der Waals surface area contributed by atoms with Gasteiger partial charge in [-0.1, -0.05) is 115 Å². The molecule has 0 aliphatic rings. The van der Waals surface area contributed by atoms with Crippen LogP contribution < -0.4 is 9.46 Å². The van der Waals surface area contributed by atoms with Crippen LogP contribution in [-0.2, 0) is 22.7 Å². The van der Waals surface area contributed by atoms with E-state index in [-0.39, 0.29) is 22.4 Å². The highest BCUT2D eigenvalue weighted by molar-refractivity contribution is 7.89. The Hall–Kier alpha value is -4.15. The molecule has 0 saturated carbocycles. The molecule has 0 radical (unpaired) electrons. The molecule has 0 aliphatic carbocycles. The van der Waals surface area contributed by atoms with E-state index in [0.717, 1.165) is 17.2 Å². The smallest absolute Gasteiger partial charge is 0.417 e. The number of rotatable bonds is 14. The van der Waals surface area contributed by atoms with Crippen LogP contribution in [0, 0.1) is 0 Å². The number of benzene rings is 5. The molecule has 5 nitrogen and oxygen atoms in total. The Morgan fingerprint density at radius 1 is 0.812 bits per heavy atom. The fourth-order valence-corrected chi connectivity index (χ4v) is 6.96. The summed E-state index contributed by atoms with van der Waals surface area (Å²) in [6.45, 7) is 1.59. The number of alkyl halides is 3. The number of nitrogens with one attached hydrogen (secondary N) is 1. The lowest BCUT2D eigenvalue weighted by Gasteiger charge is -2.29. The highest BCUT2D eigenvalue weighted by Gasteiger charge is 2.34. The summed E-state index contributed by atoms with van der Waals surface area (Å²) in [6, 6.07) is 38.1. The fourth-order valence-electron chi connectivity index (χ4n) is 5.71. The number of ether oxygens (including phenoxy) is 1. The molecule has 10 heteroatoms. The average molecular weight is 693 g/mol. The van der Waals surface area contributed by atoms with Crippen molar-refractivity contribution in [3.05, 3.63) is 155 Å². The monoisotopic (exact) mass is 692 g/mol. The SMILES string of the molecule is CNS(=O)(=O)c1ccccc1-c1cccc(OCCCN(Cc2cccc(C(F)(F)F)c2Cl)CC(c2ccccc2)c2ccccc2)c1. The molecule has 250 valence electrons. The standard InChI is InChI=1S/C38H36ClF3N2O3S/c1-43-48(45,46)36-22-9-8-20-33(36)30-17-10-19-32(25-30)47-24-12-23-44(26-31-18-11-21-35(37(31)39)38(40,41)42)27-34(28-13-4-2-5-14-28)29-15-6-3-7-16-29/h2-11,13-22,25,34,43H,12,23-24,26-27H2,1H3. The van der Waals surface area contributed by atoms with Crippen LogP contribution in [0.4, 0.5) is 13.2 Å². The lowest BCUT2D eigenvalue weighted by Crippen LogP contribution is -2.31. The molecule has 1 N–H and O–H groups in total. The van der Waals surface area contributed by atoms with Gasteiger partial charge in [0.25, 0.3) is 0 Å². The molecule has 0 amide bonds. The summed E-state index contributed by atoms with van der Waals surface area (Å²) in [5.41, 5.74) is 2.98. The van der Waals surface area contributed by atoms with Crippen LogP contribution in [0.15, 0.2) is 132 Å². The third kappa shape index (κ3) is 8.85. The molecule has 5 rings (SSSR count). The maximum Gasteiger partial charge on any atom is 0.417 e. The van der Waals surface area contributed by atoms with Crippen molar-refractivity contribution in [1.29, 1.82) is 0 Å². The molecule has 0 atom stereocenters. The van der Waals surface area contributed by atoms with Crippen LogP contribution in [0.1, 0.15) is 34.6 Å². The predicted molar refractivity (Wildman–Crippen MR) is 185 cm³/mol. The van der Waals surface area contributed by atoms with Crippen molar-refractivity contribution in [2.24, 2.45) is 0 Å². The number of nitrogens with zero attached hydrogens (tertiary/aromatic N) is 1. The Balaban J connectivity index is 1.36. The van der Waals surface area contributed by atoms with Gasteiger partial charge in [0.05, 0.1) is 22.1 Å². The molecule has 0 aromatic heterocycles. The minimum Gasteiger partial charge on any atom is -0.494 e. The third-order valence-electron chi connectivity index (χ3n) is 8.10. The average Bonchev–Trinajstić information content (AvgIpc) is 3.10. The van der Waals surface area contributed by atoms with Gasteiger partial charge in [0, 0.05) is 31.1 Å². The van der Waals surface area contributed by atoms with Gasteiger partial charge in [-0.25, -0.2) is 13.1 Å². The Kier molecular flexibility index (Phi) is 11.6. The normalized spacial score (nSPS) is 12.1. The highest BCUT2D eigenvalue weighted by atomic mass is 35.5. The zero-order valence-corrected chi connectivity index (χ0v) is 27.9. The van der Waals surface area contributed by atoms with E-state index in [1.54, 1.807) is 48.5 Å². The maximum absolute atomic E-state index is 13.7. The van der Waals surface area contributed by atoms with Gasteiger partial charge in [0.15, 0.2) is 0 Å². The Labute approximate surface area is 285 Å². The summed E-state index contributed by atoms with van der Waals surface area (Å²) in [5, 5.41) is -0.292. The van der Waals surface area contributed by atoms with E-state index in [0.29, 0.717) is 48.6 Å². The zero-order valence-electron chi connectivity index (χ0n) is 26.3. The summed E-state index contributed by atoms with van der Waals surface area (Å²) in [5.74, 6) is 0.534. The van der Waals surface area contributed by atoms with E-state index >= 15 is 0 Å². The van der Waals surface area contributed by atoms with Gasteiger partial charge >= 0.3 is 6.18 Å². The molecule has 0 heterocycles. The van der Waals surface area contributed by atoms with Crippen LogP contribution in [-0.4, -0.2) is 40.1 Å². The molecular weight excluding hydrogens is 657 g/mol. The maximum atomic E-state index is 13.7. The topological polar surface area (TPSA) is 58.6 Å². The van der Waals surface area contributed by atoms with Crippen LogP contribution in [0.5, 0.6) is 5.75 Å². The molecule has 0 saturated heterocycles. The van der Waals surface area contributed by atoms with Crippen LogP contribution in [0.3, 0.4) is 0 Å². The van der Waals surface area contributed by atoms with Gasteiger partial charge in [-0.05, 0) is 60.0 Å². The van der Waals surface area contributed by atoms with Crippen LogP contribution in [0.25, 0.3) is 11.1 Å². The molecule has 48 heavy (non-hydrogen) atoms. The first kappa shape index (κ1) is 35.2. The second-order valence-corrected chi connectivity index (χ2v) is 13.6. The van der Waals surface area contributed by atoms with Crippen molar-refractivity contribution in [1.82, 2.24) is 9.62 Å². The quantitative estimate of drug-likeness (QED) is 0.118. The Bertz CT molecular complexity index is 1870. The summed E-state index contributed by atoms with van der Waals surface area (Å²) < 4.78 is 74.9. The summed E-state index contributed by atoms with van der Waals surface area (Å²) in [4.78, 5) is 2.28. The van der Waals surface area contributed by atoms with Crippen LogP contribution >= 0.6 is 11.6 Å². The number of hydrogen-bond acceptors (Lipinski definition) is 4. The number of halogens is 4. The molecule has 0 spiro atoms. The van der Waals surface area contributed by atoms with Crippen molar-refractivity contribution >= 4 is 21.6 Å². The molecule has 0 bridgehead atoms. The van der Waals surface area contributed by atoms with Crippen molar-refractivity contribution in [3.63, 3.8) is 0 Å². The molecule has 0 aliphatic heterocycles. The van der Waals surface area contributed by atoms with Gasteiger partial charge < -0.3 is 4.74 Å². The van der Waals surface area contributed by atoms with Gasteiger partial charge in [-0.15, -0.1) is 0 Å². The molecule has 0 fully saturated rings. The molecule has 0 unspecified atom stereocenters. The first-order valence-electron chi connectivity index (χ1n) is 15.5. The highest BCUT2D eigenvalue weighted by Crippen LogP contribution is 2.37. The van der Waals surface area contributed by atoms with Gasteiger partial charge in [-0.3, -0.25) is 4.90 Å². The molecular formula is C38H36ClF3N2O3S. The Morgan fingerprint density at radius 3 is 2.08 bits per heavy atom. The minimum absolute atomic E-state index is 0.0384. The van der Waals surface area contributed by atoms with Crippen molar-refractivity contribution < 1.29 is 26.3 Å². The second-order valence-electron chi connectivity index (χ2n) is 11.3. The first-order valence-corrected chi connectivity index (χ1v) is 17.4. The van der Waals surface area contributed by atoms with E-state index < -0.39 is 21.8 Å². The van der Waals surface area contributed by atoms with Gasteiger partial charge in [0.2, 0.25) is 10.0 Å². The molecule has 5 aromatic rings. The second kappa shape index (κ2) is 15.8. The lowest BCUT2D eigenvalue weighted by atomic mass is 9.90. The third-order valence-corrected chi connectivity index (χ3v) is 10.0. The van der Waals surface area contributed by atoms with E-state index in [2.05, 4.69) is 33.9 Å². The van der Waals surface area contributed by atoms with Crippen LogP contribution in [0.2, 0.25) is 5.02 Å². The van der Waals surface area contributed by atoms with E-state index in [1.165, 1.54) is 13.1 Å². The summed E-state index contributed by atoms with van der Waals surface area (Å²) >= 11 is 6.35. The number of sulfonamides is 1.